The Morgan fingerprint density at radius 2 is 1.86 bits per heavy atom. The first kappa shape index (κ1) is 23.6. The molecule has 1 atom stereocenters. The predicted octanol–water partition coefficient (Wildman–Crippen LogP) is 2.39. The van der Waals surface area contributed by atoms with Crippen LogP contribution in [0.25, 0.3) is 0 Å². The molecule has 0 bridgehead atoms. The molecule has 29 heavy (non-hydrogen) atoms. The van der Waals surface area contributed by atoms with Gasteiger partial charge >= 0.3 is 0 Å². The molecule has 0 radical (unpaired) electrons. The normalized spacial score (nSPS) is 20.6. The largest absolute Gasteiger partial charge is 0.332 e. The van der Waals surface area contributed by atoms with Crippen molar-refractivity contribution in [2.24, 2.45) is 0 Å². The predicted molar refractivity (Wildman–Crippen MR) is 118 cm³/mol. The molecule has 1 amide bonds. The summed E-state index contributed by atoms with van der Waals surface area (Å²) in [6, 6.07) is 11.0. The summed E-state index contributed by atoms with van der Waals surface area (Å²) in [5.41, 5.74) is 1.78. The minimum absolute atomic E-state index is 0. The Hall–Kier alpha value is -1.67. The Morgan fingerprint density at radius 3 is 2.55 bits per heavy atom. The van der Waals surface area contributed by atoms with E-state index in [1.54, 1.807) is 0 Å². The molecule has 9 heteroatoms. The number of amides is 1. The zero-order chi connectivity index (χ0) is 18.6. The molecule has 0 spiro atoms. The highest BCUT2D eigenvalue weighted by atomic mass is 35.5. The number of halogens is 2. The van der Waals surface area contributed by atoms with Crippen LogP contribution in [0.1, 0.15) is 41.9 Å². The fourth-order valence-electron chi connectivity index (χ4n) is 4.09. The molecule has 2 fully saturated rings. The van der Waals surface area contributed by atoms with Crippen molar-refractivity contribution in [2.45, 2.75) is 38.4 Å². The summed E-state index contributed by atoms with van der Waals surface area (Å²) in [5, 5.41) is 11.8. The van der Waals surface area contributed by atoms with Gasteiger partial charge in [0, 0.05) is 32.2 Å². The van der Waals surface area contributed by atoms with Crippen molar-refractivity contribution in [3.05, 3.63) is 47.8 Å². The van der Waals surface area contributed by atoms with Crippen molar-refractivity contribution < 1.29 is 4.79 Å². The SMILES string of the molecule is C[C@@H]1CN(Cc2ccccc2)CCN1C(=O)c1cn(C2CCNCC2)nn1.Cl.Cl. The minimum atomic E-state index is 0. The van der Waals surface area contributed by atoms with Gasteiger partial charge in [0.2, 0.25) is 0 Å². The molecule has 2 saturated heterocycles. The molecule has 2 aliphatic heterocycles. The molecule has 3 heterocycles. The maximum absolute atomic E-state index is 13.0. The second-order valence-corrected chi connectivity index (χ2v) is 7.63. The molecule has 0 saturated carbocycles. The lowest BCUT2D eigenvalue weighted by Gasteiger charge is -2.39. The minimum Gasteiger partial charge on any atom is -0.332 e. The first-order chi connectivity index (χ1) is 13.2. The lowest BCUT2D eigenvalue weighted by molar-refractivity contribution is 0.0470. The van der Waals surface area contributed by atoms with Gasteiger partial charge in [-0.2, -0.15) is 0 Å². The quantitative estimate of drug-likeness (QED) is 0.790. The van der Waals surface area contributed by atoms with E-state index in [9.17, 15) is 4.79 Å². The Kier molecular flexibility index (Phi) is 8.89. The van der Waals surface area contributed by atoms with Crippen LogP contribution < -0.4 is 5.32 Å². The van der Waals surface area contributed by atoms with Gasteiger partial charge in [-0.1, -0.05) is 35.5 Å². The van der Waals surface area contributed by atoms with Crippen LogP contribution in [0, 0.1) is 0 Å². The highest BCUT2D eigenvalue weighted by molar-refractivity contribution is 5.92. The number of nitrogens with one attached hydrogen (secondary N) is 1. The number of benzene rings is 1. The van der Waals surface area contributed by atoms with Crippen LogP contribution in [0.3, 0.4) is 0 Å². The van der Waals surface area contributed by atoms with E-state index in [1.165, 1.54) is 5.56 Å². The van der Waals surface area contributed by atoms with Gasteiger partial charge in [-0.3, -0.25) is 9.69 Å². The summed E-state index contributed by atoms with van der Waals surface area (Å²) < 4.78 is 1.88. The van der Waals surface area contributed by atoms with Crippen LogP contribution >= 0.6 is 24.8 Å². The maximum Gasteiger partial charge on any atom is 0.276 e. The number of piperazine rings is 1. The summed E-state index contributed by atoms with van der Waals surface area (Å²) in [6.07, 6.45) is 3.90. The van der Waals surface area contributed by atoms with E-state index in [-0.39, 0.29) is 36.8 Å². The van der Waals surface area contributed by atoms with Crippen LogP contribution in [-0.4, -0.2) is 69.5 Å². The van der Waals surface area contributed by atoms with E-state index in [4.69, 9.17) is 0 Å². The van der Waals surface area contributed by atoms with Crippen LogP contribution in [0.15, 0.2) is 36.5 Å². The highest BCUT2D eigenvalue weighted by Crippen LogP contribution is 2.19. The molecule has 4 rings (SSSR count). The van der Waals surface area contributed by atoms with Crippen LogP contribution in [0.5, 0.6) is 0 Å². The van der Waals surface area contributed by atoms with Crippen LogP contribution in [0.4, 0.5) is 0 Å². The van der Waals surface area contributed by atoms with Gasteiger partial charge in [-0.05, 0) is 38.4 Å². The molecular formula is C20H30Cl2N6O. The summed E-state index contributed by atoms with van der Waals surface area (Å²) in [4.78, 5) is 17.3. The van der Waals surface area contributed by atoms with Crippen molar-refractivity contribution >= 4 is 30.7 Å². The summed E-state index contributed by atoms with van der Waals surface area (Å²) >= 11 is 0. The zero-order valence-electron chi connectivity index (χ0n) is 16.7. The smallest absolute Gasteiger partial charge is 0.276 e. The van der Waals surface area contributed by atoms with Crippen molar-refractivity contribution in [3.63, 3.8) is 0 Å². The summed E-state index contributed by atoms with van der Waals surface area (Å²) in [6.45, 7) is 7.53. The molecule has 2 aromatic rings. The standard InChI is InChI=1S/C20H28N6O.2ClH/c1-16-13-24(14-17-5-3-2-4-6-17)11-12-25(16)20(27)19-15-26(23-22-19)18-7-9-21-10-8-18;;/h2-6,15-16,18,21H,7-14H2,1H3;2*1H/t16-;;/m1../s1. The summed E-state index contributed by atoms with van der Waals surface area (Å²) in [7, 11) is 0. The van der Waals surface area contributed by atoms with E-state index >= 15 is 0 Å². The Labute approximate surface area is 184 Å². The van der Waals surface area contributed by atoms with Crippen molar-refractivity contribution in [1.29, 1.82) is 0 Å². The molecule has 0 aliphatic carbocycles. The number of carbonyl (C=O) groups excluding carboxylic acids is 1. The first-order valence-corrected chi connectivity index (χ1v) is 9.90. The Bertz CT molecular complexity index is 765. The first-order valence-electron chi connectivity index (χ1n) is 9.90. The van der Waals surface area contributed by atoms with E-state index in [1.807, 2.05) is 21.8 Å². The number of aromatic nitrogens is 3. The van der Waals surface area contributed by atoms with E-state index in [2.05, 4.69) is 51.7 Å². The van der Waals surface area contributed by atoms with E-state index in [0.717, 1.165) is 52.1 Å². The molecule has 1 aromatic heterocycles. The second-order valence-electron chi connectivity index (χ2n) is 7.63. The highest BCUT2D eigenvalue weighted by Gasteiger charge is 2.30. The van der Waals surface area contributed by atoms with Gasteiger partial charge in [0.1, 0.15) is 0 Å². The van der Waals surface area contributed by atoms with Gasteiger partial charge in [0.05, 0.1) is 12.2 Å². The molecular weight excluding hydrogens is 411 g/mol. The van der Waals surface area contributed by atoms with Crippen LogP contribution in [0.2, 0.25) is 0 Å². The fraction of sp³-hybridized carbons (Fsp3) is 0.550. The number of piperidine rings is 1. The summed E-state index contributed by atoms with van der Waals surface area (Å²) in [5.74, 6) is 0.00189. The van der Waals surface area contributed by atoms with Gasteiger partial charge in [-0.25, -0.2) is 4.68 Å². The van der Waals surface area contributed by atoms with E-state index in [0.29, 0.717) is 11.7 Å². The third-order valence-corrected chi connectivity index (χ3v) is 5.63. The zero-order valence-corrected chi connectivity index (χ0v) is 18.4. The third kappa shape index (κ3) is 5.69. The number of hydrogen-bond acceptors (Lipinski definition) is 5. The van der Waals surface area contributed by atoms with Crippen molar-refractivity contribution in [3.8, 4) is 0 Å². The second kappa shape index (κ2) is 10.9. The Morgan fingerprint density at radius 1 is 1.14 bits per heavy atom. The average Bonchev–Trinajstić information content (AvgIpc) is 3.19. The van der Waals surface area contributed by atoms with Crippen molar-refractivity contribution in [1.82, 2.24) is 30.1 Å². The van der Waals surface area contributed by atoms with Gasteiger partial charge in [0.25, 0.3) is 5.91 Å². The average molecular weight is 441 g/mol. The molecule has 160 valence electrons. The topological polar surface area (TPSA) is 66.3 Å². The van der Waals surface area contributed by atoms with Crippen molar-refractivity contribution in [2.75, 3.05) is 32.7 Å². The molecule has 1 N–H and O–H groups in total. The molecule has 2 aliphatic rings. The number of hydrogen-bond donors (Lipinski definition) is 1. The molecule has 1 aromatic carbocycles. The van der Waals surface area contributed by atoms with Gasteiger partial charge in [0.15, 0.2) is 5.69 Å². The Balaban J connectivity index is 0.00000150. The van der Waals surface area contributed by atoms with Crippen LogP contribution in [-0.2, 0) is 6.54 Å². The third-order valence-electron chi connectivity index (χ3n) is 5.63. The van der Waals surface area contributed by atoms with E-state index < -0.39 is 0 Å². The maximum atomic E-state index is 13.0. The molecule has 0 unspecified atom stereocenters. The molecule has 7 nitrogen and oxygen atoms in total. The monoisotopic (exact) mass is 440 g/mol. The van der Waals surface area contributed by atoms with Gasteiger partial charge < -0.3 is 10.2 Å². The number of carbonyl (C=O) groups is 1. The number of rotatable bonds is 4. The van der Waals surface area contributed by atoms with Gasteiger partial charge in [-0.15, -0.1) is 29.9 Å². The fourth-order valence-corrected chi connectivity index (χ4v) is 4.09. The number of nitrogens with zero attached hydrogens (tertiary/aromatic N) is 5. The lowest BCUT2D eigenvalue weighted by atomic mass is 10.1. The lowest BCUT2D eigenvalue weighted by Crippen LogP contribution is -2.53.